The second kappa shape index (κ2) is 8.80. The van der Waals surface area contributed by atoms with Crippen molar-refractivity contribution >= 4 is 23.1 Å². The lowest BCUT2D eigenvalue weighted by molar-refractivity contribution is 0.102. The Morgan fingerprint density at radius 1 is 1.03 bits per heavy atom. The van der Waals surface area contributed by atoms with Gasteiger partial charge in [0.1, 0.15) is 21.5 Å². The third-order valence-electron chi connectivity index (χ3n) is 4.78. The van der Waals surface area contributed by atoms with Crippen LogP contribution in [-0.2, 0) is 0 Å². The third-order valence-corrected chi connectivity index (χ3v) is 5.98. The molecule has 2 aromatic heterocycles. The average molecular weight is 453 g/mol. The summed E-state index contributed by atoms with van der Waals surface area (Å²) in [6.45, 7) is 3.61. The number of carbonyl (C=O) groups is 1. The lowest BCUT2D eigenvalue weighted by Crippen LogP contribution is -2.15. The fraction of sp³-hybridized carbons (Fsp3) is 0.174. The van der Waals surface area contributed by atoms with Crippen molar-refractivity contribution in [2.75, 3.05) is 19.5 Å². The van der Waals surface area contributed by atoms with E-state index in [1.165, 1.54) is 23.5 Å². The fourth-order valence-corrected chi connectivity index (χ4v) is 4.20. The van der Waals surface area contributed by atoms with Gasteiger partial charge in [-0.2, -0.15) is 5.10 Å². The molecule has 4 aromatic rings. The summed E-state index contributed by atoms with van der Waals surface area (Å²) >= 11 is 1.28. The minimum atomic E-state index is -0.341. The zero-order chi connectivity index (χ0) is 22.8. The van der Waals surface area contributed by atoms with Crippen molar-refractivity contribution in [2.45, 2.75) is 13.8 Å². The SMILES string of the molecule is COc1ccc(-c2nc(C)c(C(=O)Nc3cc(C)nn3-c3ccc(F)cc3)s2)cc1OC. The highest BCUT2D eigenvalue weighted by molar-refractivity contribution is 7.17. The van der Waals surface area contributed by atoms with Crippen molar-refractivity contribution in [3.63, 3.8) is 0 Å². The van der Waals surface area contributed by atoms with Crippen LogP contribution in [0.3, 0.4) is 0 Å². The van der Waals surface area contributed by atoms with Crippen molar-refractivity contribution < 1.29 is 18.7 Å². The number of hydrogen-bond donors (Lipinski definition) is 1. The van der Waals surface area contributed by atoms with E-state index in [0.717, 1.165) is 11.3 Å². The summed E-state index contributed by atoms with van der Waals surface area (Å²) in [5, 5.41) is 8.00. The van der Waals surface area contributed by atoms with Crippen LogP contribution in [-0.4, -0.2) is 34.9 Å². The highest BCUT2D eigenvalue weighted by atomic mass is 32.1. The predicted octanol–water partition coefficient (Wildman–Crippen LogP) is 5.02. The Morgan fingerprint density at radius 3 is 2.44 bits per heavy atom. The monoisotopic (exact) mass is 452 g/mol. The van der Waals surface area contributed by atoms with Gasteiger partial charge in [-0.05, 0) is 56.3 Å². The molecule has 0 aliphatic carbocycles. The van der Waals surface area contributed by atoms with E-state index in [-0.39, 0.29) is 11.7 Å². The van der Waals surface area contributed by atoms with Crippen LogP contribution >= 0.6 is 11.3 Å². The Kier molecular flexibility index (Phi) is 5.91. The molecular formula is C23H21FN4O3S. The number of hydrogen-bond acceptors (Lipinski definition) is 6. The van der Waals surface area contributed by atoms with Crippen LogP contribution in [0.4, 0.5) is 10.2 Å². The molecule has 2 aromatic carbocycles. The molecule has 7 nitrogen and oxygen atoms in total. The van der Waals surface area contributed by atoms with Gasteiger partial charge < -0.3 is 14.8 Å². The number of methoxy groups -OCH3 is 2. The molecule has 4 rings (SSSR count). The molecule has 0 aliphatic heterocycles. The molecule has 0 fully saturated rings. The number of rotatable bonds is 6. The summed E-state index contributed by atoms with van der Waals surface area (Å²) in [4.78, 5) is 18.1. The number of benzene rings is 2. The van der Waals surface area contributed by atoms with Crippen LogP contribution < -0.4 is 14.8 Å². The van der Waals surface area contributed by atoms with Crippen molar-refractivity contribution in [3.05, 3.63) is 70.6 Å². The van der Waals surface area contributed by atoms with Gasteiger partial charge in [-0.3, -0.25) is 4.79 Å². The molecule has 0 aliphatic rings. The second-order valence-corrected chi connectivity index (χ2v) is 8.02. The topological polar surface area (TPSA) is 78.3 Å². The molecule has 1 N–H and O–H groups in total. The first-order valence-electron chi connectivity index (χ1n) is 9.73. The van der Waals surface area contributed by atoms with Crippen LogP contribution in [0.15, 0.2) is 48.5 Å². The molecule has 0 spiro atoms. The Bertz CT molecular complexity index is 1280. The van der Waals surface area contributed by atoms with E-state index in [4.69, 9.17) is 9.47 Å². The molecule has 0 saturated carbocycles. The lowest BCUT2D eigenvalue weighted by atomic mass is 10.2. The van der Waals surface area contributed by atoms with Gasteiger partial charge in [0, 0.05) is 11.6 Å². The number of carbonyl (C=O) groups excluding carboxylic acids is 1. The second-order valence-electron chi connectivity index (χ2n) is 7.02. The molecule has 2 heterocycles. The Labute approximate surface area is 188 Å². The van der Waals surface area contributed by atoms with Gasteiger partial charge in [-0.25, -0.2) is 14.1 Å². The summed E-state index contributed by atoms with van der Waals surface area (Å²) in [6, 6.07) is 13.2. The number of halogens is 1. The summed E-state index contributed by atoms with van der Waals surface area (Å²) < 4.78 is 25.5. The number of ether oxygens (including phenoxy) is 2. The summed E-state index contributed by atoms with van der Waals surface area (Å²) in [5.41, 5.74) is 2.79. The minimum Gasteiger partial charge on any atom is -0.493 e. The smallest absolute Gasteiger partial charge is 0.268 e. The molecule has 164 valence electrons. The molecule has 0 atom stereocenters. The quantitative estimate of drug-likeness (QED) is 0.444. The maximum Gasteiger partial charge on any atom is 0.268 e. The van der Waals surface area contributed by atoms with Gasteiger partial charge in [0.25, 0.3) is 5.91 Å². The number of anilines is 1. The van der Waals surface area contributed by atoms with E-state index in [1.54, 1.807) is 50.1 Å². The van der Waals surface area contributed by atoms with E-state index in [0.29, 0.717) is 38.6 Å². The van der Waals surface area contributed by atoms with E-state index in [2.05, 4.69) is 15.4 Å². The van der Waals surface area contributed by atoms with Crippen LogP contribution in [0.1, 0.15) is 21.1 Å². The third kappa shape index (κ3) is 4.19. The standard InChI is InChI=1S/C23H21FN4O3S/c1-13-11-20(28(27-13)17-8-6-16(24)7-9-17)26-22(29)21-14(2)25-23(32-21)15-5-10-18(30-3)19(12-15)31-4/h5-12H,1-4H3,(H,26,29). The largest absolute Gasteiger partial charge is 0.493 e. The first kappa shape index (κ1) is 21.5. The number of aromatic nitrogens is 3. The van der Waals surface area contributed by atoms with E-state index < -0.39 is 0 Å². The van der Waals surface area contributed by atoms with Crippen LogP contribution in [0.5, 0.6) is 11.5 Å². The van der Waals surface area contributed by atoms with E-state index in [1.807, 2.05) is 19.1 Å². The van der Waals surface area contributed by atoms with E-state index >= 15 is 0 Å². The first-order valence-corrected chi connectivity index (χ1v) is 10.5. The Hall–Kier alpha value is -3.72. The molecule has 1 amide bonds. The van der Waals surface area contributed by atoms with Crippen molar-refractivity contribution in [1.29, 1.82) is 0 Å². The number of aryl methyl sites for hydroxylation is 2. The molecule has 0 bridgehead atoms. The highest BCUT2D eigenvalue weighted by Gasteiger charge is 2.19. The fourth-order valence-electron chi connectivity index (χ4n) is 3.24. The summed E-state index contributed by atoms with van der Waals surface area (Å²) in [6.07, 6.45) is 0. The van der Waals surface area contributed by atoms with Gasteiger partial charge in [0.15, 0.2) is 11.5 Å². The maximum atomic E-state index is 13.3. The van der Waals surface area contributed by atoms with Gasteiger partial charge in [0.05, 0.1) is 31.3 Å². The number of nitrogens with one attached hydrogen (secondary N) is 1. The zero-order valence-corrected chi connectivity index (χ0v) is 18.8. The Balaban J connectivity index is 1.62. The molecule has 0 radical (unpaired) electrons. The number of thiazole rings is 1. The van der Waals surface area contributed by atoms with Crippen LogP contribution in [0.2, 0.25) is 0 Å². The number of amides is 1. The number of nitrogens with zero attached hydrogens (tertiary/aromatic N) is 3. The molecule has 32 heavy (non-hydrogen) atoms. The predicted molar refractivity (Wildman–Crippen MR) is 122 cm³/mol. The van der Waals surface area contributed by atoms with Gasteiger partial charge >= 0.3 is 0 Å². The van der Waals surface area contributed by atoms with Crippen molar-refractivity contribution in [2.24, 2.45) is 0 Å². The normalized spacial score (nSPS) is 10.8. The summed E-state index contributed by atoms with van der Waals surface area (Å²) in [7, 11) is 3.14. The summed E-state index contributed by atoms with van der Waals surface area (Å²) in [5.74, 6) is 1.05. The van der Waals surface area contributed by atoms with Crippen LogP contribution in [0.25, 0.3) is 16.3 Å². The van der Waals surface area contributed by atoms with Crippen LogP contribution in [0, 0.1) is 19.7 Å². The average Bonchev–Trinajstić information content (AvgIpc) is 3.36. The van der Waals surface area contributed by atoms with Gasteiger partial charge in [-0.15, -0.1) is 11.3 Å². The first-order chi connectivity index (χ1) is 15.4. The maximum absolute atomic E-state index is 13.3. The minimum absolute atomic E-state index is 0.296. The van der Waals surface area contributed by atoms with Crippen molar-refractivity contribution in [3.8, 4) is 27.8 Å². The zero-order valence-electron chi connectivity index (χ0n) is 18.0. The Morgan fingerprint density at radius 2 is 1.75 bits per heavy atom. The molecular weight excluding hydrogens is 431 g/mol. The molecule has 9 heteroatoms. The van der Waals surface area contributed by atoms with Crippen molar-refractivity contribution in [1.82, 2.24) is 14.8 Å². The van der Waals surface area contributed by atoms with Gasteiger partial charge in [-0.1, -0.05) is 0 Å². The molecule has 0 saturated heterocycles. The van der Waals surface area contributed by atoms with Gasteiger partial charge in [0.2, 0.25) is 0 Å². The molecule has 0 unspecified atom stereocenters. The lowest BCUT2D eigenvalue weighted by Gasteiger charge is -2.08. The highest BCUT2D eigenvalue weighted by Crippen LogP contribution is 2.35. The van der Waals surface area contributed by atoms with E-state index in [9.17, 15) is 9.18 Å².